The van der Waals surface area contributed by atoms with E-state index in [4.69, 9.17) is 9.72 Å². The van der Waals surface area contributed by atoms with Crippen molar-refractivity contribution in [1.29, 1.82) is 0 Å². The van der Waals surface area contributed by atoms with Gasteiger partial charge in [-0.3, -0.25) is 14.2 Å². The second kappa shape index (κ2) is 8.77. The molecule has 0 unspecified atom stereocenters. The molecule has 0 N–H and O–H groups in total. The van der Waals surface area contributed by atoms with Crippen LogP contribution in [0.5, 0.6) is 0 Å². The van der Waals surface area contributed by atoms with Crippen LogP contribution in [0.2, 0.25) is 0 Å². The van der Waals surface area contributed by atoms with E-state index in [0.29, 0.717) is 27.5 Å². The van der Waals surface area contributed by atoms with Gasteiger partial charge in [0, 0.05) is 23.8 Å². The van der Waals surface area contributed by atoms with Crippen molar-refractivity contribution in [2.45, 2.75) is 44.5 Å². The molecule has 5 rings (SSSR count). The quantitative estimate of drug-likeness (QED) is 0.232. The Bertz CT molecular complexity index is 1390. The number of aromatic nitrogens is 3. The summed E-state index contributed by atoms with van der Waals surface area (Å²) in [5.41, 5.74) is 3.37. The zero-order valence-electron chi connectivity index (χ0n) is 18.0. The normalized spacial score (nSPS) is 16.2. The van der Waals surface area contributed by atoms with Gasteiger partial charge in [0.15, 0.2) is 10.9 Å². The van der Waals surface area contributed by atoms with Gasteiger partial charge in [-0.05, 0) is 44.4 Å². The third kappa shape index (κ3) is 3.98. The molecule has 0 radical (unpaired) electrons. The van der Waals surface area contributed by atoms with E-state index in [1.807, 2.05) is 44.2 Å². The van der Waals surface area contributed by atoms with Crippen molar-refractivity contribution in [2.24, 2.45) is 0 Å². The minimum Gasteiger partial charge on any atom is -0.376 e. The fourth-order valence-corrected chi connectivity index (χ4v) is 6.05. The topological polar surface area (TPSA) is 74.1 Å². The number of hydrogen-bond donors (Lipinski definition) is 0. The van der Waals surface area contributed by atoms with E-state index in [1.165, 1.54) is 23.1 Å². The Morgan fingerprint density at radius 1 is 1.31 bits per heavy atom. The predicted molar refractivity (Wildman–Crippen MR) is 129 cm³/mol. The van der Waals surface area contributed by atoms with Crippen molar-refractivity contribution < 1.29 is 9.53 Å². The molecule has 164 valence electrons. The average Bonchev–Trinajstić information content (AvgIpc) is 3.42. The molecule has 4 aromatic rings. The number of fused-ring (bicyclic) bond motifs is 3. The molecule has 0 saturated carbocycles. The number of aryl methyl sites for hydroxylation is 2. The Labute approximate surface area is 193 Å². The van der Waals surface area contributed by atoms with E-state index in [0.717, 1.165) is 40.8 Å². The molecule has 0 bridgehead atoms. The van der Waals surface area contributed by atoms with Gasteiger partial charge in [-0.1, -0.05) is 35.5 Å². The lowest BCUT2D eigenvalue weighted by Crippen LogP contribution is -2.28. The average molecular weight is 466 g/mol. The van der Waals surface area contributed by atoms with Crippen LogP contribution in [-0.2, 0) is 11.3 Å². The number of benzene rings is 1. The number of pyridine rings is 1. The molecule has 1 saturated heterocycles. The Kier molecular flexibility index (Phi) is 5.84. The van der Waals surface area contributed by atoms with Gasteiger partial charge in [0.2, 0.25) is 0 Å². The van der Waals surface area contributed by atoms with E-state index < -0.39 is 0 Å². The molecular formula is C24H23N3O3S2. The smallest absolute Gasteiger partial charge is 0.272 e. The maximum atomic E-state index is 13.5. The SMILES string of the molecule is Cc1ccc(C(=O)CSc2nc3c(sc4ncccc43)c(=O)n2C[C@@H]2CCCO2)c(C)c1. The van der Waals surface area contributed by atoms with Crippen molar-refractivity contribution in [3.8, 4) is 0 Å². The third-order valence-electron chi connectivity index (χ3n) is 5.74. The Morgan fingerprint density at radius 3 is 2.97 bits per heavy atom. The van der Waals surface area contributed by atoms with Crippen LogP contribution in [0.15, 0.2) is 46.5 Å². The van der Waals surface area contributed by atoms with Gasteiger partial charge in [0.1, 0.15) is 9.53 Å². The number of ether oxygens (including phenoxy) is 1. The van der Waals surface area contributed by atoms with E-state index >= 15 is 0 Å². The van der Waals surface area contributed by atoms with Crippen LogP contribution in [0.4, 0.5) is 0 Å². The zero-order chi connectivity index (χ0) is 22.2. The van der Waals surface area contributed by atoms with Crippen LogP contribution in [0, 0.1) is 13.8 Å². The molecule has 1 fully saturated rings. The number of ketones is 1. The lowest BCUT2D eigenvalue weighted by Gasteiger charge is -2.15. The largest absolute Gasteiger partial charge is 0.376 e. The second-order valence-corrected chi connectivity index (χ2v) is 10.1. The molecule has 0 spiro atoms. The summed E-state index contributed by atoms with van der Waals surface area (Å²) in [6, 6.07) is 9.63. The summed E-state index contributed by atoms with van der Waals surface area (Å²) in [5.74, 6) is 0.246. The maximum absolute atomic E-state index is 13.5. The van der Waals surface area contributed by atoms with Gasteiger partial charge in [0.05, 0.1) is 23.9 Å². The Morgan fingerprint density at radius 2 is 2.19 bits per heavy atom. The van der Waals surface area contributed by atoms with Crippen LogP contribution in [0.3, 0.4) is 0 Å². The number of hydrogen-bond acceptors (Lipinski definition) is 7. The van der Waals surface area contributed by atoms with Gasteiger partial charge in [-0.15, -0.1) is 11.3 Å². The van der Waals surface area contributed by atoms with E-state index in [1.54, 1.807) is 10.8 Å². The number of Topliss-reactive ketones (excluding diaryl/α,β-unsaturated/α-hetero) is 1. The van der Waals surface area contributed by atoms with Crippen LogP contribution in [0.25, 0.3) is 20.4 Å². The molecule has 3 aromatic heterocycles. The van der Waals surface area contributed by atoms with Gasteiger partial charge >= 0.3 is 0 Å². The molecule has 4 heterocycles. The summed E-state index contributed by atoms with van der Waals surface area (Å²) in [6.07, 6.45) is 3.63. The summed E-state index contributed by atoms with van der Waals surface area (Å²) < 4.78 is 8.07. The monoisotopic (exact) mass is 465 g/mol. The number of nitrogens with zero attached hydrogens (tertiary/aromatic N) is 3. The maximum Gasteiger partial charge on any atom is 0.272 e. The summed E-state index contributed by atoms with van der Waals surface area (Å²) in [7, 11) is 0. The Hall–Kier alpha value is -2.55. The molecule has 1 aromatic carbocycles. The van der Waals surface area contributed by atoms with Crippen molar-refractivity contribution in [3.63, 3.8) is 0 Å². The van der Waals surface area contributed by atoms with Crippen LogP contribution in [-0.4, -0.2) is 38.8 Å². The Balaban J connectivity index is 1.54. The standard InChI is InChI=1S/C24H23N3O3S2/c1-14-7-8-17(15(2)11-14)19(28)13-31-24-26-20-18-6-3-9-25-22(18)32-21(20)23(29)27(24)12-16-5-4-10-30-16/h3,6-9,11,16H,4-5,10,12-13H2,1-2H3/t16-/m0/s1. The summed E-state index contributed by atoms with van der Waals surface area (Å²) in [6.45, 7) is 5.13. The highest BCUT2D eigenvalue weighted by Crippen LogP contribution is 2.31. The first kappa shape index (κ1) is 21.3. The van der Waals surface area contributed by atoms with Crippen molar-refractivity contribution in [2.75, 3.05) is 12.4 Å². The first-order valence-electron chi connectivity index (χ1n) is 10.6. The fraction of sp³-hybridized carbons (Fsp3) is 0.333. The third-order valence-corrected chi connectivity index (χ3v) is 7.81. The highest BCUT2D eigenvalue weighted by molar-refractivity contribution is 7.99. The molecular weight excluding hydrogens is 442 g/mol. The molecule has 1 atom stereocenters. The molecule has 32 heavy (non-hydrogen) atoms. The first-order chi connectivity index (χ1) is 15.5. The van der Waals surface area contributed by atoms with Gasteiger partial charge in [-0.25, -0.2) is 9.97 Å². The number of thiophene rings is 1. The lowest BCUT2D eigenvalue weighted by molar-refractivity contribution is 0.0938. The fourth-order valence-electron chi connectivity index (χ4n) is 4.14. The molecule has 0 aliphatic carbocycles. The van der Waals surface area contributed by atoms with Crippen molar-refractivity contribution in [1.82, 2.24) is 14.5 Å². The van der Waals surface area contributed by atoms with Crippen molar-refractivity contribution in [3.05, 3.63) is 63.6 Å². The van der Waals surface area contributed by atoms with Crippen LogP contribution in [0.1, 0.15) is 34.3 Å². The summed E-state index contributed by atoms with van der Waals surface area (Å²) >= 11 is 2.69. The van der Waals surface area contributed by atoms with E-state index in [9.17, 15) is 9.59 Å². The number of thioether (sulfide) groups is 1. The highest BCUT2D eigenvalue weighted by Gasteiger charge is 2.23. The molecule has 8 heteroatoms. The molecule has 1 aliphatic rings. The number of rotatable bonds is 6. The minimum atomic E-state index is -0.0880. The number of carbonyl (C=O) groups is 1. The molecule has 1 aliphatic heterocycles. The number of carbonyl (C=O) groups excluding carboxylic acids is 1. The zero-order valence-corrected chi connectivity index (χ0v) is 19.6. The summed E-state index contributed by atoms with van der Waals surface area (Å²) in [5, 5.41) is 1.43. The molecule has 6 nitrogen and oxygen atoms in total. The van der Waals surface area contributed by atoms with E-state index in [2.05, 4.69) is 4.98 Å². The van der Waals surface area contributed by atoms with Gasteiger partial charge < -0.3 is 4.74 Å². The van der Waals surface area contributed by atoms with Gasteiger partial charge in [0.25, 0.3) is 5.56 Å². The minimum absolute atomic E-state index is 0.00570. The lowest BCUT2D eigenvalue weighted by atomic mass is 10.0. The second-order valence-electron chi connectivity index (χ2n) is 8.11. The first-order valence-corrected chi connectivity index (χ1v) is 12.4. The van der Waals surface area contributed by atoms with E-state index in [-0.39, 0.29) is 23.2 Å². The summed E-state index contributed by atoms with van der Waals surface area (Å²) in [4.78, 5) is 36.5. The van der Waals surface area contributed by atoms with Crippen LogP contribution >= 0.6 is 23.1 Å². The molecule has 0 amide bonds. The van der Waals surface area contributed by atoms with Crippen molar-refractivity contribution >= 4 is 49.3 Å². The predicted octanol–water partition coefficient (Wildman–Crippen LogP) is 4.78. The van der Waals surface area contributed by atoms with Crippen LogP contribution < -0.4 is 5.56 Å². The van der Waals surface area contributed by atoms with Gasteiger partial charge in [-0.2, -0.15) is 0 Å². The highest BCUT2D eigenvalue weighted by atomic mass is 32.2.